The van der Waals surface area contributed by atoms with E-state index in [0.717, 1.165) is 16.9 Å². The predicted octanol–water partition coefficient (Wildman–Crippen LogP) is 3.12. The van der Waals surface area contributed by atoms with Gasteiger partial charge in [0.25, 0.3) is 0 Å². The molecule has 1 aliphatic rings. The summed E-state index contributed by atoms with van der Waals surface area (Å²) in [6, 6.07) is 7.65. The first kappa shape index (κ1) is 20.5. The molecule has 0 radical (unpaired) electrons. The van der Waals surface area contributed by atoms with Gasteiger partial charge >= 0.3 is 0 Å². The number of methoxy groups -OCH3 is 1. The second kappa shape index (κ2) is 9.40. The van der Waals surface area contributed by atoms with Crippen molar-refractivity contribution >= 4 is 29.0 Å². The van der Waals surface area contributed by atoms with Crippen LogP contribution in [0.15, 0.2) is 34.8 Å². The number of carbonyl (C=O) groups is 1. The van der Waals surface area contributed by atoms with Crippen molar-refractivity contribution in [2.24, 2.45) is 7.05 Å². The third kappa shape index (κ3) is 4.54. The number of nitrogens with zero attached hydrogens (tertiary/aromatic N) is 3. The third-order valence-electron chi connectivity index (χ3n) is 4.52. The number of hydrogen-bond acceptors (Lipinski definition) is 8. The summed E-state index contributed by atoms with van der Waals surface area (Å²) in [5, 5.41) is 14.1. The Morgan fingerprint density at radius 1 is 1.30 bits per heavy atom. The van der Waals surface area contributed by atoms with Crippen molar-refractivity contribution in [3.05, 3.63) is 34.5 Å². The van der Waals surface area contributed by atoms with Crippen LogP contribution in [0.3, 0.4) is 0 Å². The Morgan fingerprint density at radius 3 is 2.83 bits per heavy atom. The van der Waals surface area contributed by atoms with Gasteiger partial charge in [-0.05, 0) is 17.5 Å². The van der Waals surface area contributed by atoms with Crippen LogP contribution >= 0.6 is 23.1 Å². The molecule has 3 heterocycles. The van der Waals surface area contributed by atoms with Crippen molar-refractivity contribution in [2.45, 2.75) is 18.1 Å². The zero-order chi connectivity index (χ0) is 20.9. The van der Waals surface area contributed by atoms with Gasteiger partial charge in [0.2, 0.25) is 5.91 Å². The van der Waals surface area contributed by atoms with Gasteiger partial charge in [-0.3, -0.25) is 4.79 Å². The van der Waals surface area contributed by atoms with Gasteiger partial charge in [0.05, 0.1) is 38.2 Å². The van der Waals surface area contributed by atoms with Crippen molar-refractivity contribution < 1.29 is 19.0 Å². The van der Waals surface area contributed by atoms with E-state index in [2.05, 4.69) is 15.5 Å². The lowest BCUT2D eigenvalue weighted by atomic mass is 10.1. The number of carbonyl (C=O) groups excluding carboxylic acids is 1. The SMILES string of the molecule is COc1cc2c(cc1-c1nnc(SCC(=O)NCc3cccs3)n1C)OCCCO2. The molecule has 1 aliphatic heterocycles. The molecule has 0 unspecified atom stereocenters. The Hall–Kier alpha value is -2.72. The molecular weight excluding hydrogens is 424 g/mol. The molecule has 10 heteroatoms. The molecule has 158 valence electrons. The highest BCUT2D eigenvalue weighted by Crippen LogP contribution is 2.41. The number of rotatable bonds is 7. The van der Waals surface area contributed by atoms with Crippen LogP contribution in [0.1, 0.15) is 11.3 Å². The number of ether oxygens (including phenoxy) is 3. The van der Waals surface area contributed by atoms with Gasteiger partial charge in [-0.1, -0.05) is 17.8 Å². The van der Waals surface area contributed by atoms with E-state index in [1.165, 1.54) is 11.8 Å². The highest BCUT2D eigenvalue weighted by atomic mass is 32.2. The van der Waals surface area contributed by atoms with Crippen LogP contribution in [0.2, 0.25) is 0 Å². The fraction of sp³-hybridized carbons (Fsp3) is 0.350. The molecule has 1 N–H and O–H groups in total. The summed E-state index contributed by atoms with van der Waals surface area (Å²) in [5.74, 6) is 2.78. The van der Waals surface area contributed by atoms with Gasteiger partial charge in [0, 0.05) is 24.4 Å². The molecule has 2 aromatic heterocycles. The van der Waals surface area contributed by atoms with Gasteiger partial charge < -0.3 is 24.1 Å². The first-order valence-corrected chi connectivity index (χ1v) is 11.3. The number of hydrogen-bond donors (Lipinski definition) is 1. The molecule has 0 bridgehead atoms. The summed E-state index contributed by atoms with van der Waals surface area (Å²) >= 11 is 2.96. The van der Waals surface area contributed by atoms with E-state index in [4.69, 9.17) is 14.2 Å². The monoisotopic (exact) mass is 446 g/mol. The van der Waals surface area contributed by atoms with Crippen LogP contribution in [-0.2, 0) is 18.4 Å². The Labute approximate surface area is 182 Å². The van der Waals surface area contributed by atoms with Crippen molar-refractivity contribution in [3.63, 3.8) is 0 Å². The second-order valence-corrected chi connectivity index (χ2v) is 8.53. The van der Waals surface area contributed by atoms with Crippen LogP contribution < -0.4 is 19.5 Å². The molecule has 4 rings (SSSR count). The zero-order valence-corrected chi connectivity index (χ0v) is 18.3. The maximum atomic E-state index is 12.2. The lowest BCUT2D eigenvalue weighted by molar-refractivity contribution is -0.118. The molecule has 3 aromatic rings. The van der Waals surface area contributed by atoms with E-state index in [0.29, 0.717) is 48.0 Å². The van der Waals surface area contributed by atoms with Gasteiger partial charge in [0.1, 0.15) is 5.75 Å². The van der Waals surface area contributed by atoms with Crippen LogP contribution in [0, 0.1) is 0 Å². The number of amides is 1. The van der Waals surface area contributed by atoms with E-state index < -0.39 is 0 Å². The molecule has 0 saturated heterocycles. The van der Waals surface area contributed by atoms with Crippen molar-refractivity contribution in [2.75, 3.05) is 26.1 Å². The van der Waals surface area contributed by atoms with Crippen LogP contribution in [-0.4, -0.2) is 46.7 Å². The summed E-state index contributed by atoms with van der Waals surface area (Å²) in [6.07, 6.45) is 0.825. The minimum absolute atomic E-state index is 0.0499. The smallest absolute Gasteiger partial charge is 0.230 e. The number of thioether (sulfide) groups is 1. The number of fused-ring (bicyclic) bond motifs is 1. The Morgan fingerprint density at radius 2 is 2.10 bits per heavy atom. The summed E-state index contributed by atoms with van der Waals surface area (Å²) in [7, 11) is 3.47. The third-order valence-corrected chi connectivity index (χ3v) is 6.41. The predicted molar refractivity (Wildman–Crippen MR) is 115 cm³/mol. The number of aromatic nitrogens is 3. The van der Waals surface area contributed by atoms with Gasteiger partial charge in [-0.25, -0.2) is 0 Å². The Balaban J connectivity index is 1.47. The Bertz CT molecular complexity index is 1020. The summed E-state index contributed by atoms with van der Waals surface area (Å²) in [5.41, 5.74) is 0.755. The standard InChI is InChI=1S/C20H22N4O4S2/c1-24-19(14-9-16-17(10-15(14)26-2)28-7-4-6-27-16)22-23-20(24)30-12-18(25)21-11-13-5-3-8-29-13/h3,5,8-10H,4,6-7,11-12H2,1-2H3,(H,21,25). The zero-order valence-electron chi connectivity index (χ0n) is 16.7. The molecule has 0 atom stereocenters. The maximum absolute atomic E-state index is 12.2. The maximum Gasteiger partial charge on any atom is 0.230 e. The molecule has 1 aromatic carbocycles. The molecule has 1 amide bonds. The lowest BCUT2D eigenvalue weighted by Crippen LogP contribution is -2.24. The molecular formula is C20H22N4O4S2. The topological polar surface area (TPSA) is 87.5 Å². The molecule has 8 nitrogen and oxygen atoms in total. The van der Waals surface area contributed by atoms with E-state index in [1.807, 2.05) is 41.3 Å². The summed E-state index contributed by atoms with van der Waals surface area (Å²) < 4.78 is 18.9. The van der Waals surface area contributed by atoms with Gasteiger partial charge in [0.15, 0.2) is 22.5 Å². The summed E-state index contributed by atoms with van der Waals surface area (Å²) in [6.45, 7) is 1.74. The van der Waals surface area contributed by atoms with Crippen LogP contribution in [0.5, 0.6) is 17.2 Å². The molecule has 0 spiro atoms. The van der Waals surface area contributed by atoms with Gasteiger partial charge in [-0.15, -0.1) is 21.5 Å². The number of thiophene rings is 1. The minimum atomic E-state index is -0.0499. The van der Waals surface area contributed by atoms with Crippen LogP contribution in [0.25, 0.3) is 11.4 Å². The van der Waals surface area contributed by atoms with Crippen molar-refractivity contribution in [1.29, 1.82) is 0 Å². The van der Waals surface area contributed by atoms with E-state index in [-0.39, 0.29) is 11.7 Å². The summed E-state index contributed by atoms with van der Waals surface area (Å²) in [4.78, 5) is 13.3. The highest BCUT2D eigenvalue weighted by Gasteiger charge is 2.21. The molecule has 0 saturated carbocycles. The largest absolute Gasteiger partial charge is 0.496 e. The second-order valence-electron chi connectivity index (χ2n) is 6.56. The fourth-order valence-electron chi connectivity index (χ4n) is 2.99. The Kier molecular flexibility index (Phi) is 6.44. The van der Waals surface area contributed by atoms with Gasteiger partial charge in [-0.2, -0.15) is 0 Å². The minimum Gasteiger partial charge on any atom is -0.496 e. The first-order valence-electron chi connectivity index (χ1n) is 9.45. The van der Waals surface area contributed by atoms with E-state index in [9.17, 15) is 4.79 Å². The lowest BCUT2D eigenvalue weighted by Gasteiger charge is -2.13. The molecule has 0 aliphatic carbocycles. The van der Waals surface area contributed by atoms with E-state index >= 15 is 0 Å². The van der Waals surface area contributed by atoms with Crippen LogP contribution in [0.4, 0.5) is 0 Å². The molecule has 30 heavy (non-hydrogen) atoms. The van der Waals surface area contributed by atoms with Crippen molar-refractivity contribution in [1.82, 2.24) is 20.1 Å². The van der Waals surface area contributed by atoms with Crippen molar-refractivity contribution in [3.8, 4) is 28.6 Å². The molecule has 0 fully saturated rings. The average Bonchev–Trinajstić information content (AvgIpc) is 3.34. The van der Waals surface area contributed by atoms with E-state index in [1.54, 1.807) is 18.4 Å². The highest BCUT2D eigenvalue weighted by molar-refractivity contribution is 7.99. The fourth-order valence-corrected chi connectivity index (χ4v) is 4.37. The average molecular weight is 447 g/mol. The normalized spacial score (nSPS) is 13.0. The number of benzene rings is 1. The quantitative estimate of drug-likeness (QED) is 0.558. The first-order chi connectivity index (χ1) is 14.7. The number of nitrogens with one attached hydrogen (secondary N) is 1.